The van der Waals surface area contributed by atoms with Gasteiger partial charge in [-0.05, 0) is 110 Å². The highest BCUT2D eigenvalue weighted by Crippen LogP contribution is 2.68. The van der Waals surface area contributed by atoms with Crippen LogP contribution in [0.1, 0.15) is 92.4 Å². The molecule has 30 heavy (non-hydrogen) atoms. The monoisotopic (exact) mass is 416 g/mol. The van der Waals surface area contributed by atoms with Gasteiger partial charge in [-0.15, -0.1) is 0 Å². The molecule has 0 aliphatic heterocycles. The Bertz CT molecular complexity index is 626. The summed E-state index contributed by atoms with van der Waals surface area (Å²) < 4.78 is 0. The van der Waals surface area contributed by atoms with Crippen molar-refractivity contribution in [2.75, 3.05) is 6.61 Å². The summed E-state index contributed by atoms with van der Waals surface area (Å²) in [7, 11) is 0. The Balaban J connectivity index is 1.52. The van der Waals surface area contributed by atoms with Crippen LogP contribution in [0.4, 0.5) is 0 Å². The smallest absolute Gasteiger partial charge is 0.0543 e. The average Bonchev–Trinajstić information content (AvgIpc) is 3.06. The van der Waals surface area contributed by atoms with Crippen molar-refractivity contribution >= 4 is 0 Å². The van der Waals surface area contributed by atoms with Crippen LogP contribution in [0.3, 0.4) is 0 Å². The maximum atomic E-state index is 10.3. The van der Waals surface area contributed by atoms with Crippen LogP contribution in [0.5, 0.6) is 0 Å². The summed E-state index contributed by atoms with van der Waals surface area (Å²) in [5.74, 6) is 5.54. The fourth-order valence-corrected chi connectivity index (χ4v) is 8.84. The number of rotatable bonds is 5. The van der Waals surface area contributed by atoms with Gasteiger partial charge < -0.3 is 10.2 Å². The third kappa shape index (κ3) is 3.72. The van der Waals surface area contributed by atoms with Crippen LogP contribution >= 0.6 is 0 Å². The van der Waals surface area contributed by atoms with Crippen LogP contribution in [0.25, 0.3) is 0 Å². The zero-order valence-corrected chi connectivity index (χ0v) is 20.3. The zero-order chi connectivity index (χ0) is 21.7. The Morgan fingerprint density at radius 1 is 0.867 bits per heavy atom. The van der Waals surface area contributed by atoms with Crippen LogP contribution in [-0.4, -0.2) is 22.9 Å². The van der Waals surface area contributed by atoms with E-state index in [1.807, 2.05) is 0 Å². The van der Waals surface area contributed by atoms with Crippen LogP contribution in [0.15, 0.2) is 12.2 Å². The molecule has 0 radical (unpaired) electrons. The minimum Gasteiger partial charge on any atom is -0.396 e. The molecule has 4 saturated carbocycles. The molecule has 0 spiro atoms. The Kier molecular flexibility index (Phi) is 6.50. The second-order valence-electron chi connectivity index (χ2n) is 12.6. The first-order valence-corrected chi connectivity index (χ1v) is 13.2. The van der Waals surface area contributed by atoms with E-state index in [0.29, 0.717) is 41.1 Å². The van der Waals surface area contributed by atoms with Gasteiger partial charge in [0.1, 0.15) is 0 Å². The van der Waals surface area contributed by atoms with E-state index in [0.717, 1.165) is 36.5 Å². The van der Waals surface area contributed by atoms with Gasteiger partial charge in [0.05, 0.1) is 6.10 Å². The zero-order valence-electron chi connectivity index (χ0n) is 20.3. The standard InChI is InChI=1S/C28H48O2/c1-18(2)19(3)6-7-20(17-29)24-10-11-25-23-9-8-21-16-22(30)12-14-27(21,4)26(23)13-15-28(24,25)5/h6-7,18-26,29-30H,8-17H2,1-5H3/b7-6+/t19?,20-,21-,22-,23?,24+,25?,26?,27-,28+/m0/s1. The van der Waals surface area contributed by atoms with E-state index in [-0.39, 0.29) is 6.10 Å². The maximum absolute atomic E-state index is 10.3. The van der Waals surface area contributed by atoms with E-state index < -0.39 is 0 Å². The lowest BCUT2D eigenvalue weighted by molar-refractivity contribution is -0.129. The molecular formula is C28H48O2. The lowest BCUT2D eigenvalue weighted by Crippen LogP contribution is -2.54. The molecule has 2 N–H and O–H groups in total. The lowest BCUT2D eigenvalue weighted by Gasteiger charge is -2.61. The Hall–Kier alpha value is -0.340. The van der Waals surface area contributed by atoms with Crippen molar-refractivity contribution in [3.8, 4) is 0 Å². The number of hydrogen-bond acceptors (Lipinski definition) is 2. The molecule has 4 unspecified atom stereocenters. The molecular weight excluding hydrogens is 368 g/mol. The normalized spacial score (nSPS) is 48.3. The molecule has 4 aliphatic carbocycles. The van der Waals surface area contributed by atoms with Gasteiger partial charge in [0.15, 0.2) is 0 Å². The fourth-order valence-electron chi connectivity index (χ4n) is 8.84. The van der Waals surface area contributed by atoms with Crippen LogP contribution in [0.2, 0.25) is 0 Å². The van der Waals surface area contributed by atoms with Crippen molar-refractivity contribution in [1.29, 1.82) is 0 Å². The molecule has 2 heteroatoms. The molecule has 4 aliphatic rings. The molecule has 10 atom stereocenters. The van der Waals surface area contributed by atoms with E-state index in [2.05, 4.69) is 46.8 Å². The number of fused-ring (bicyclic) bond motifs is 5. The Morgan fingerprint density at radius 3 is 2.27 bits per heavy atom. The lowest BCUT2D eigenvalue weighted by atomic mass is 9.44. The van der Waals surface area contributed by atoms with Crippen molar-refractivity contribution in [3.05, 3.63) is 12.2 Å². The SMILES string of the molecule is CC(C)C(C)/C=C/[C@@H](CO)[C@H]1CCC2C3CC[C@H]4C[C@@H](O)CC[C@]4(C)C3CC[C@@]21C. The van der Waals surface area contributed by atoms with E-state index >= 15 is 0 Å². The summed E-state index contributed by atoms with van der Waals surface area (Å²) in [5, 5.41) is 20.6. The quantitative estimate of drug-likeness (QED) is 0.505. The second-order valence-corrected chi connectivity index (χ2v) is 12.6. The number of aliphatic hydroxyl groups is 2. The van der Waals surface area contributed by atoms with Gasteiger partial charge in [0, 0.05) is 12.5 Å². The molecule has 0 amide bonds. The van der Waals surface area contributed by atoms with Gasteiger partial charge in [-0.25, -0.2) is 0 Å². The molecule has 2 nitrogen and oxygen atoms in total. The summed E-state index contributed by atoms with van der Waals surface area (Å²) in [6.07, 6.45) is 16.1. The van der Waals surface area contributed by atoms with Crippen LogP contribution in [-0.2, 0) is 0 Å². The largest absolute Gasteiger partial charge is 0.396 e. The van der Waals surface area contributed by atoms with Gasteiger partial charge in [-0.2, -0.15) is 0 Å². The van der Waals surface area contributed by atoms with Crippen molar-refractivity contribution in [2.24, 2.45) is 58.2 Å². The summed E-state index contributed by atoms with van der Waals surface area (Å²) in [5.41, 5.74) is 0.863. The van der Waals surface area contributed by atoms with Crippen molar-refractivity contribution in [2.45, 2.75) is 98.5 Å². The van der Waals surface area contributed by atoms with Crippen molar-refractivity contribution in [1.82, 2.24) is 0 Å². The maximum Gasteiger partial charge on any atom is 0.0543 e. The van der Waals surface area contributed by atoms with E-state index in [1.165, 1.54) is 44.9 Å². The average molecular weight is 417 g/mol. The summed E-state index contributed by atoms with van der Waals surface area (Å²) >= 11 is 0. The topological polar surface area (TPSA) is 40.5 Å². The molecule has 0 heterocycles. The highest BCUT2D eigenvalue weighted by atomic mass is 16.3. The van der Waals surface area contributed by atoms with Crippen LogP contribution < -0.4 is 0 Å². The molecule has 0 aromatic heterocycles. The number of allylic oxidation sites excluding steroid dienone is 1. The number of aliphatic hydroxyl groups excluding tert-OH is 2. The highest BCUT2D eigenvalue weighted by Gasteiger charge is 2.60. The van der Waals surface area contributed by atoms with Gasteiger partial charge in [-0.3, -0.25) is 0 Å². The number of hydrogen-bond donors (Lipinski definition) is 2. The van der Waals surface area contributed by atoms with Gasteiger partial charge in [0.2, 0.25) is 0 Å². The van der Waals surface area contributed by atoms with Gasteiger partial charge in [-0.1, -0.05) is 46.8 Å². The van der Waals surface area contributed by atoms with Gasteiger partial charge >= 0.3 is 0 Å². The minimum atomic E-state index is -0.0466. The van der Waals surface area contributed by atoms with E-state index in [9.17, 15) is 10.2 Å². The molecule has 0 saturated heterocycles. The fraction of sp³-hybridized carbons (Fsp3) is 0.929. The third-order valence-corrected chi connectivity index (χ3v) is 11.2. The first-order chi connectivity index (χ1) is 14.2. The Labute approximate surface area is 185 Å². The molecule has 0 aromatic rings. The first kappa shape index (κ1) is 22.8. The van der Waals surface area contributed by atoms with Crippen molar-refractivity contribution in [3.63, 3.8) is 0 Å². The summed E-state index contributed by atoms with van der Waals surface area (Å²) in [6.45, 7) is 12.4. The highest BCUT2D eigenvalue weighted by molar-refractivity contribution is 5.11. The Morgan fingerprint density at radius 2 is 1.57 bits per heavy atom. The van der Waals surface area contributed by atoms with E-state index in [1.54, 1.807) is 0 Å². The molecule has 0 bridgehead atoms. The minimum absolute atomic E-state index is 0.0466. The van der Waals surface area contributed by atoms with Crippen LogP contribution in [0, 0.1) is 58.2 Å². The van der Waals surface area contributed by atoms with Crippen molar-refractivity contribution < 1.29 is 10.2 Å². The second kappa shape index (κ2) is 8.54. The third-order valence-electron chi connectivity index (χ3n) is 11.2. The van der Waals surface area contributed by atoms with E-state index in [4.69, 9.17) is 0 Å². The first-order valence-electron chi connectivity index (χ1n) is 13.2. The summed E-state index contributed by atoms with van der Waals surface area (Å²) in [6, 6.07) is 0. The molecule has 4 fully saturated rings. The molecule has 0 aromatic carbocycles. The predicted octanol–water partition coefficient (Wildman–Crippen LogP) is 6.46. The molecule has 172 valence electrons. The predicted molar refractivity (Wildman–Crippen MR) is 125 cm³/mol. The summed E-state index contributed by atoms with van der Waals surface area (Å²) in [4.78, 5) is 0. The molecule has 4 rings (SSSR count). The van der Waals surface area contributed by atoms with Gasteiger partial charge in [0.25, 0.3) is 0 Å².